The molecule has 190 valence electrons. The molecule has 0 spiro atoms. The van der Waals surface area contributed by atoms with Crippen LogP contribution in [0.3, 0.4) is 0 Å². The molecule has 4 rings (SSSR count). The van der Waals surface area contributed by atoms with Gasteiger partial charge >= 0.3 is 23.9 Å². The minimum Gasteiger partial charge on any atom is -0.463 e. The Hall–Kier alpha value is -4.50. The normalized spacial score (nSPS) is 20.5. The summed E-state index contributed by atoms with van der Waals surface area (Å²) in [5.74, 6) is -2.81. The second-order valence-corrected chi connectivity index (χ2v) is 8.09. The minimum atomic E-state index is -1.45. The standard InChI is InChI=1S/C28H24O9/c1-18(29)33-17-22-23(35-25(30)19-11-5-2-6-12-19)24(36-26(31)20-13-7-3-8-14-20)28(34-22)37-27(32)21-15-9-4-10-16-21/h2-16,22-24,28H,17H2,1H3. The summed E-state index contributed by atoms with van der Waals surface area (Å²) in [6.07, 6.45) is -5.14. The number of hydrogen-bond acceptors (Lipinski definition) is 9. The fraction of sp³-hybridized carbons (Fsp3) is 0.214. The quantitative estimate of drug-likeness (QED) is 0.335. The molecule has 0 amide bonds. The predicted molar refractivity (Wildman–Crippen MR) is 128 cm³/mol. The van der Waals surface area contributed by atoms with Gasteiger partial charge in [0.05, 0.1) is 16.7 Å². The number of carbonyl (C=O) groups is 4. The van der Waals surface area contributed by atoms with Crippen molar-refractivity contribution in [3.8, 4) is 0 Å². The van der Waals surface area contributed by atoms with Gasteiger partial charge in [0.15, 0.2) is 6.10 Å². The highest BCUT2D eigenvalue weighted by Gasteiger charge is 2.52. The zero-order chi connectivity index (χ0) is 26.2. The zero-order valence-electron chi connectivity index (χ0n) is 19.9. The Morgan fingerprint density at radius 1 is 0.622 bits per heavy atom. The van der Waals surface area contributed by atoms with Gasteiger partial charge in [-0.25, -0.2) is 14.4 Å². The Kier molecular flexibility index (Phi) is 8.27. The van der Waals surface area contributed by atoms with Crippen molar-refractivity contribution in [3.05, 3.63) is 108 Å². The van der Waals surface area contributed by atoms with Crippen LogP contribution >= 0.6 is 0 Å². The molecule has 3 aromatic rings. The van der Waals surface area contributed by atoms with E-state index in [2.05, 4.69) is 0 Å². The molecule has 0 saturated carbocycles. The highest BCUT2D eigenvalue weighted by atomic mass is 16.8. The number of rotatable bonds is 8. The molecule has 3 aromatic carbocycles. The minimum absolute atomic E-state index is 0.229. The third-order valence-corrected chi connectivity index (χ3v) is 5.46. The highest BCUT2D eigenvalue weighted by Crippen LogP contribution is 2.30. The van der Waals surface area contributed by atoms with Crippen LogP contribution in [0.4, 0.5) is 0 Å². The SMILES string of the molecule is CC(=O)OCC1OC(OC(=O)c2ccccc2)C(OC(=O)c2ccccc2)C1OC(=O)c1ccccc1. The lowest BCUT2D eigenvalue weighted by Gasteiger charge is -2.24. The van der Waals surface area contributed by atoms with E-state index in [-0.39, 0.29) is 23.3 Å². The van der Waals surface area contributed by atoms with Gasteiger partial charge in [-0.1, -0.05) is 54.6 Å². The average Bonchev–Trinajstić information content (AvgIpc) is 3.23. The van der Waals surface area contributed by atoms with Gasteiger partial charge in [-0.3, -0.25) is 4.79 Å². The maximum atomic E-state index is 12.9. The van der Waals surface area contributed by atoms with Crippen molar-refractivity contribution in [1.29, 1.82) is 0 Å². The van der Waals surface area contributed by atoms with E-state index in [1.54, 1.807) is 91.0 Å². The topological polar surface area (TPSA) is 114 Å². The largest absolute Gasteiger partial charge is 0.463 e. The molecule has 1 aliphatic heterocycles. The van der Waals surface area contributed by atoms with Crippen molar-refractivity contribution in [2.45, 2.75) is 31.5 Å². The van der Waals surface area contributed by atoms with Crippen molar-refractivity contribution >= 4 is 23.9 Å². The van der Waals surface area contributed by atoms with Crippen molar-refractivity contribution in [1.82, 2.24) is 0 Å². The lowest BCUT2D eigenvalue weighted by atomic mass is 10.1. The first-order valence-electron chi connectivity index (χ1n) is 11.5. The van der Waals surface area contributed by atoms with Gasteiger partial charge in [-0.2, -0.15) is 0 Å². The number of benzene rings is 3. The van der Waals surface area contributed by atoms with E-state index in [4.69, 9.17) is 23.7 Å². The van der Waals surface area contributed by atoms with Gasteiger partial charge in [-0.05, 0) is 36.4 Å². The molecule has 0 bridgehead atoms. The second kappa shape index (κ2) is 12.0. The molecule has 1 heterocycles. The van der Waals surface area contributed by atoms with E-state index < -0.39 is 48.5 Å². The third-order valence-electron chi connectivity index (χ3n) is 5.46. The summed E-state index contributed by atoms with van der Waals surface area (Å²) in [6.45, 7) is 0.876. The zero-order valence-corrected chi connectivity index (χ0v) is 19.9. The molecular weight excluding hydrogens is 480 g/mol. The smallest absolute Gasteiger partial charge is 0.340 e. The molecule has 4 atom stereocenters. The monoisotopic (exact) mass is 504 g/mol. The molecule has 1 aliphatic rings. The van der Waals surface area contributed by atoms with Gasteiger partial charge in [0.1, 0.15) is 12.7 Å². The first-order valence-corrected chi connectivity index (χ1v) is 11.5. The summed E-state index contributed by atoms with van der Waals surface area (Å²) in [5.41, 5.74) is 0.708. The fourth-order valence-electron chi connectivity index (χ4n) is 3.67. The van der Waals surface area contributed by atoms with Crippen LogP contribution in [0.5, 0.6) is 0 Å². The van der Waals surface area contributed by atoms with Crippen molar-refractivity contribution in [3.63, 3.8) is 0 Å². The van der Waals surface area contributed by atoms with E-state index in [0.717, 1.165) is 0 Å². The summed E-state index contributed by atoms with van der Waals surface area (Å²) >= 11 is 0. The van der Waals surface area contributed by atoms with Gasteiger partial charge in [-0.15, -0.1) is 0 Å². The Balaban J connectivity index is 1.63. The van der Waals surface area contributed by atoms with Crippen LogP contribution < -0.4 is 0 Å². The predicted octanol–water partition coefficient (Wildman–Crippen LogP) is 3.58. The lowest BCUT2D eigenvalue weighted by Crippen LogP contribution is -2.42. The third kappa shape index (κ3) is 6.59. The first kappa shape index (κ1) is 25.6. The Morgan fingerprint density at radius 3 is 1.46 bits per heavy atom. The number of ether oxygens (including phenoxy) is 5. The first-order chi connectivity index (χ1) is 17.9. The summed E-state index contributed by atoms with van der Waals surface area (Å²) in [6, 6.07) is 24.5. The fourth-order valence-corrected chi connectivity index (χ4v) is 3.67. The van der Waals surface area contributed by atoms with Crippen LogP contribution in [-0.2, 0) is 28.5 Å². The molecule has 0 aromatic heterocycles. The maximum Gasteiger partial charge on any atom is 0.340 e. The Labute approximate surface area is 212 Å². The second-order valence-electron chi connectivity index (χ2n) is 8.09. The maximum absolute atomic E-state index is 12.9. The van der Waals surface area contributed by atoms with E-state index >= 15 is 0 Å². The van der Waals surface area contributed by atoms with Crippen LogP contribution in [0.2, 0.25) is 0 Å². The van der Waals surface area contributed by atoms with E-state index in [1.807, 2.05) is 0 Å². The number of hydrogen-bond donors (Lipinski definition) is 0. The summed E-state index contributed by atoms with van der Waals surface area (Å²) in [4.78, 5) is 50.1. The summed E-state index contributed by atoms with van der Waals surface area (Å²) in [5, 5.41) is 0. The molecule has 0 radical (unpaired) electrons. The van der Waals surface area contributed by atoms with Gasteiger partial charge < -0.3 is 23.7 Å². The Bertz CT molecular complexity index is 1230. The molecule has 0 aliphatic carbocycles. The molecule has 4 unspecified atom stereocenters. The molecule has 1 fully saturated rings. The van der Waals surface area contributed by atoms with Gasteiger partial charge in [0, 0.05) is 6.92 Å². The van der Waals surface area contributed by atoms with Crippen LogP contribution in [0, 0.1) is 0 Å². The van der Waals surface area contributed by atoms with Crippen LogP contribution in [0.15, 0.2) is 91.0 Å². The summed E-state index contributed by atoms with van der Waals surface area (Å²) < 4.78 is 27.8. The van der Waals surface area contributed by atoms with Crippen LogP contribution in [-0.4, -0.2) is 55.1 Å². The molecule has 1 saturated heterocycles. The molecule has 9 heteroatoms. The van der Waals surface area contributed by atoms with Crippen LogP contribution in [0.1, 0.15) is 38.0 Å². The molecule has 37 heavy (non-hydrogen) atoms. The number of esters is 4. The lowest BCUT2D eigenvalue weighted by molar-refractivity contribution is -0.157. The Morgan fingerprint density at radius 2 is 1.03 bits per heavy atom. The average molecular weight is 504 g/mol. The molecule has 9 nitrogen and oxygen atoms in total. The number of carbonyl (C=O) groups excluding carboxylic acids is 4. The van der Waals surface area contributed by atoms with Crippen molar-refractivity contribution in [2.75, 3.05) is 6.61 Å². The molecular formula is C28H24O9. The van der Waals surface area contributed by atoms with E-state index in [0.29, 0.717) is 0 Å². The van der Waals surface area contributed by atoms with Gasteiger partial charge in [0.25, 0.3) is 0 Å². The van der Waals surface area contributed by atoms with Crippen LogP contribution in [0.25, 0.3) is 0 Å². The van der Waals surface area contributed by atoms with Crippen molar-refractivity contribution < 1.29 is 42.9 Å². The van der Waals surface area contributed by atoms with E-state index in [9.17, 15) is 19.2 Å². The van der Waals surface area contributed by atoms with E-state index in [1.165, 1.54) is 6.92 Å². The highest BCUT2D eigenvalue weighted by molar-refractivity contribution is 5.91. The molecule has 0 N–H and O–H groups in total. The van der Waals surface area contributed by atoms with Crippen molar-refractivity contribution in [2.24, 2.45) is 0 Å². The van der Waals surface area contributed by atoms with Gasteiger partial charge in [0.2, 0.25) is 12.4 Å². The summed E-state index contributed by atoms with van der Waals surface area (Å²) in [7, 11) is 0.